The Kier molecular flexibility index (Phi) is 6.53. The largest absolute Gasteiger partial charge is 0.325 e. The molecule has 0 fully saturated rings. The van der Waals surface area contributed by atoms with Crippen molar-refractivity contribution in [2.45, 2.75) is 19.0 Å². The molecule has 0 unspecified atom stereocenters. The molecule has 1 amide bonds. The summed E-state index contributed by atoms with van der Waals surface area (Å²) < 4.78 is 2.92. The average molecular weight is 493 g/mol. The number of carbonyl (C=O) groups excluding carboxylic acids is 1. The van der Waals surface area contributed by atoms with E-state index >= 15 is 0 Å². The fourth-order valence-corrected chi connectivity index (χ4v) is 4.41. The first-order valence-corrected chi connectivity index (χ1v) is 11.6. The van der Waals surface area contributed by atoms with Crippen LogP contribution in [0.15, 0.2) is 82.4 Å². The first-order chi connectivity index (χ1) is 15.0. The zero-order chi connectivity index (χ0) is 21.8. The van der Waals surface area contributed by atoms with Crippen LogP contribution >= 0.6 is 27.7 Å². The lowest BCUT2D eigenvalue weighted by molar-refractivity contribution is -0.113. The molecule has 0 aliphatic heterocycles. The van der Waals surface area contributed by atoms with Crippen molar-refractivity contribution in [1.29, 1.82) is 0 Å². The lowest BCUT2D eigenvalue weighted by atomic mass is 10.1. The van der Waals surface area contributed by atoms with Gasteiger partial charge in [0.1, 0.15) is 0 Å². The molecule has 4 aromatic rings. The molecule has 1 heterocycles. The van der Waals surface area contributed by atoms with Gasteiger partial charge in [0, 0.05) is 21.4 Å². The summed E-state index contributed by atoms with van der Waals surface area (Å²) in [5, 5.41) is 12.5. The van der Waals surface area contributed by atoms with Crippen LogP contribution < -0.4 is 5.32 Å². The molecule has 0 atom stereocenters. The molecule has 0 saturated heterocycles. The van der Waals surface area contributed by atoms with Crippen LogP contribution in [0.1, 0.15) is 11.1 Å². The summed E-state index contributed by atoms with van der Waals surface area (Å²) in [6, 6.07) is 23.7. The van der Waals surface area contributed by atoms with Crippen molar-refractivity contribution in [2.24, 2.45) is 0 Å². The van der Waals surface area contributed by atoms with Crippen molar-refractivity contribution in [1.82, 2.24) is 14.8 Å². The molecular formula is C24H21BrN4OS. The highest BCUT2D eigenvalue weighted by atomic mass is 79.9. The zero-order valence-electron chi connectivity index (χ0n) is 17.2. The van der Waals surface area contributed by atoms with Gasteiger partial charge in [-0.05, 0) is 49.2 Å². The summed E-state index contributed by atoms with van der Waals surface area (Å²) in [7, 11) is 0. The van der Waals surface area contributed by atoms with E-state index in [0.717, 1.165) is 38.4 Å². The molecule has 1 aromatic heterocycles. The van der Waals surface area contributed by atoms with Crippen molar-refractivity contribution < 1.29 is 4.79 Å². The van der Waals surface area contributed by atoms with E-state index in [9.17, 15) is 4.79 Å². The Morgan fingerprint density at radius 2 is 1.71 bits per heavy atom. The number of hydrogen-bond acceptors (Lipinski definition) is 4. The number of hydrogen-bond donors (Lipinski definition) is 1. The van der Waals surface area contributed by atoms with Gasteiger partial charge in [-0.2, -0.15) is 0 Å². The van der Waals surface area contributed by atoms with E-state index in [2.05, 4.69) is 31.4 Å². The van der Waals surface area contributed by atoms with Gasteiger partial charge in [-0.3, -0.25) is 9.36 Å². The van der Waals surface area contributed by atoms with Crippen LogP contribution in [-0.4, -0.2) is 26.4 Å². The van der Waals surface area contributed by atoms with Gasteiger partial charge in [-0.1, -0.05) is 76.2 Å². The molecule has 31 heavy (non-hydrogen) atoms. The predicted molar refractivity (Wildman–Crippen MR) is 130 cm³/mol. The molecule has 0 saturated carbocycles. The molecular weight excluding hydrogens is 472 g/mol. The molecule has 156 valence electrons. The Morgan fingerprint density at radius 3 is 2.48 bits per heavy atom. The van der Waals surface area contributed by atoms with E-state index in [1.165, 1.54) is 11.8 Å². The number of aryl methyl sites for hydroxylation is 1. The second-order valence-corrected chi connectivity index (χ2v) is 8.84. The van der Waals surface area contributed by atoms with Gasteiger partial charge < -0.3 is 5.32 Å². The van der Waals surface area contributed by atoms with E-state index in [1.54, 1.807) is 0 Å². The highest BCUT2D eigenvalue weighted by molar-refractivity contribution is 9.10. The predicted octanol–water partition coefficient (Wildman–Crippen LogP) is 6.04. The molecule has 1 N–H and O–H groups in total. The maximum Gasteiger partial charge on any atom is 0.234 e. The fourth-order valence-electron chi connectivity index (χ4n) is 3.19. The van der Waals surface area contributed by atoms with Gasteiger partial charge in [-0.25, -0.2) is 0 Å². The van der Waals surface area contributed by atoms with E-state index in [4.69, 9.17) is 0 Å². The average Bonchev–Trinajstić information content (AvgIpc) is 3.20. The number of anilines is 1. The van der Waals surface area contributed by atoms with Crippen LogP contribution in [0.2, 0.25) is 0 Å². The molecule has 0 aliphatic carbocycles. The monoisotopic (exact) mass is 492 g/mol. The third-order valence-electron chi connectivity index (χ3n) is 4.97. The first kappa shape index (κ1) is 21.3. The maximum atomic E-state index is 12.6. The smallest absolute Gasteiger partial charge is 0.234 e. The third-order valence-corrected chi connectivity index (χ3v) is 6.59. The van der Waals surface area contributed by atoms with Gasteiger partial charge in [0.25, 0.3) is 0 Å². The first-order valence-electron chi connectivity index (χ1n) is 9.79. The number of halogens is 1. The molecule has 0 aliphatic rings. The quantitative estimate of drug-likeness (QED) is 0.333. The van der Waals surface area contributed by atoms with E-state index < -0.39 is 0 Å². The number of rotatable bonds is 6. The van der Waals surface area contributed by atoms with E-state index in [1.807, 2.05) is 91.2 Å². The third kappa shape index (κ3) is 4.73. The molecule has 0 spiro atoms. The summed E-state index contributed by atoms with van der Waals surface area (Å²) >= 11 is 4.97. The lowest BCUT2D eigenvalue weighted by Crippen LogP contribution is -2.15. The van der Waals surface area contributed by atoms with Gasteiger partial charge >= 0.3 is 0 Å². The minimum atomic E-state index is -0.0799. The van der Waals surface area contributed by atoms with Crippen molar-refractivity contribution in [3.8, 4) is 17.1 Å². The van der Waals surface area contributed by atoms with Crippen molar-refractivity contribution in [2.75, 3.05) is 11.1 Å². The van der Waals surface area contributed by atoms with Gasteiger partial charge in [-0.15, -0.1) is 10.2 Å². The number of amides is 1. The Balaban J connectivity index is 1.61. The van der Waals surface area contributed by atoms with E-state index in [-0.39, 0.29) is 11.7 Å². The van der Waals surface area contributed by atoms with Crippen LogP contribution in [-0.2, 0) is 4.79 Å². The lowest BCUT2D eigenvalue weighted by Gasteiger charge is -2.12. The van der Waals surface area contributed by atoms with Crippen LogP contribution in [0.4, 0.5) is 5.69 Å². The Labute approximate surface area is 194 Å². The van der Waals surface area contributed by atoms with Crippen LogP contribution in [0.5, 0.6) is 0 Å². The van der Waals surface area contributed by atoms with Crippen molar-refractivity contribution in [3.63, 3.8) is 0 Å². The SMILES string of the molecule is Cc1cccc(NC(=O)CSc2nnc(-c3ccccc3Br)n2-c2ccccc2)c1C. The molecule has 0 radical (unpaired) electrons. The Morgan fingerprint density at radius 1 is 0.968 bits per heavy atom. The topological polar surface area (TPSA) is 59.8 Å². The number of carbonyl (C=O) groups is 1. The number of aromatic nitrogens is 3. The zero-order valence-corrected chi connectivity index (χ0v) is 19.6. The minimum absolute atomic E-state index is 0.0799. The minimum Gasteiger partial charge on any atom is -0.325 e. The summed E-state index contributed by atoms with van der Waals surface area (Å²) in [6.07, 6.45) is 0. The van der Waals surface area contributed by atoms with Crippen molar-refractivity contribution >= 4 is 39.3 Å². The molecule has 7 heteroatoms. The van der Waals surface area contributed by atoms with Gasteiger partial charge in [0.15, 0.2) is 11.0 Å². The molecule has 0 bridgehead atoms. The van der Waals surface area contributed by atoms with Gasteiger partial charge in [0.2, 0.25) is 5.91 Å². The number of para-hydroxylation sites is 1. The Bertz CT molecular complexity index is 1220. The number of thioether (sulfide) groups is 1. The van der Waals surface area contributed by atoms with Crippen LogP contribution in [0.3, 0.4) is 0 Å². The summed E-state index contributed by atoms with van der Waals surface area (Å²) in [5.74, 6) is 0.869. The molecule has 5 nitrogen and oxygen atoms in total. The standard InChI is InChI=1S/C24H21BrN4OS/c1-16-9-8-14-21(17(16)2)26-22(30)15-31-24-28-27-23(19-12-6-7-13-20(19)25)29(24)18-10-4-3-5-11-18/h3-14H,15H2,1-2H3,(H,26,30). The number of nitrogens with zero attached hydrogens (tertiary/aromatic N) is 3. The second kappa shape index (κ2) is 9.49. The van der Waals surface area contributed by atoms with Crippen LogP contribution in [0, 0.1) is 13.8 Å². The fraction of sp³-hybridized carbons (Fsp3) is 0.125. The highest BCUT2D eigenvalue weighted by Gasteiger charge is 2.19. The molecule has 3 aromatic carbocycles. The van der Waals surface area contributed by atoms with Crippen molar-refractivity contribution in [3.05, 3.63) is 88.4 Å². The molecule has 4 rings (SSSR count). The van der Waals surface area contributed by atoms with Gasteiger partial charge in [0.05, 0.1) is 5.75 Å². The Hall–Kier alpha value is -2.90. The normalized spacial score (nSPS) is 10.8. The summed E-state index contributed by atoms with van der Waals surface area (Å²) in [4.78, 5) is 12.6. The second-order valence-electron chi connectivity index (χ2n) is 7.04. The van der Waals surface area contributed by atoms with E-state index in [0.29, 0.717) is 5.16 Å². The van der Waals surface area contributed by atoms with Crippen LogP contribution in [0.25, 0.3) is 17.1 Å². The summed E-state index contributed by atoms with van der Waals surface area (Å²) in [5.41, 5.74) is 4.93. The summed E-state index contributed by atoms with van der Waals surface area (Å²) in [6.45, 7) is 4.04. The number of benzene rings is 3. The maximum absolute atomic E-state index is 12.6. The number of nitrogens with one attached hydrogen (secondary N) is 1. The highest BCUT2D eigenvalue weighted by Crippen LogP contribution is 2.32.